The fourth-order valence-electron chi connectivity index (χ4n) is 4.08. The van der Waals surface area contributed by atoms with Crippen molar-refractivity contribution < 1.29 is 13.6 Å². The SMILES string of the molecule is Cn1nccc1-c1[nH]nc2nc(NC3CCN(C(=O)Cc4ccc(F)cc4F)CC3)ncc12. The van der Waals surface area contributed by atoms with Gasteiger partial charge in [-0.3, -0.25) is 14.6 Å². The topological polar surface area (TPSA) is 105 Å². The number of carbonyl (C=O) groups excluding carboxylic acids is 1. The quantitative estimate of drug-likeness (QED) is 0.483. The summed E-state index contributed by atoms with van der Waals surface area (Å²) in [5, 5.41) is 15.6. The first kappa shape index (κ1) is 21.0. The molecule has 170 valence electrons. The first-order valence-corrected chi connectivity index (χ1v) is 10.7. The van der Waals surface area contributed by atoms with Crippen LogP contribution in [0.3, 0.4) is 0 Å². The predicted octanol–water partition coefficient (Wildman–Crippen LogP) is 2.68. The fraction of sp³-hybridized carbons (Fsp3) is 0.318. The monoisotopic (exact) mass is 452 g/mol. The van der Waals surface area contributed by atoms with Gasteiger partial charge >= 0.3 is 0 Å². The molecule has 9 nitrogen and oxygen atoms in total. The number of benzene rings is 1. The van der Waals surface area contributed by atoms with Gasteiger partial charge in [0, 0.05) is 44.6 Å². The number of rotatable bonds is 5. The van der Waals surface area contributed by atoms with E-state index in [4.69, 9.17) is 0 Å². The van der Waals surface area contributed by atoms with Crippen molar-refractivity contribution >= 4 is 22.9 Å². The summed E-state index contributed by atoms with van der Waals surface area (Å²) in [5.41, 5.74) is 2.45. The van der Waals surface area contributed by atoms with Crippen LogP contribution in [0.4, 0.5) is 14.7 Å². The second-order valence-corrected chi connectivity index (χ2v) is 8.08. The molecule has 5 rings (SSSR count). The number of likely N-dealkylation sites (tertiary alicyclic amines) is 1. The van der Waals surface area contributed by atoms with Crippen LogP contribution in [-0.2, 0) is 18.3 Å². The highest BCUT2D eigenvalue weighted by Crippen LogP contribution is 2.25. The third kappa shape index (κ3) is 4.26. The van der Waals surface area contributed by atoms with Gasteiger partial charge in [-0.05, 0) is 30.5 Å². The molecule has 0 atom stereocenters. The van der Waals surface area contributed by atoms with E-state index in [9.17, 15) is 13.6 Å². The number of amides is 1. The minimum absolute atomic E-state index is 0.0812. The zero-order valence-electron chi connectivity index (χ0n) is 17.9. The molecule has 0 saturated carbocycles. The van der Waals surface area contributed by atoms with Gasteiger partial charge in [0.25, 0.3) is 0 Å². The van der Waals surface area contributed by atoms with Crippen LogP contribution < -0.4 is 5.32 Å². The number of aromatic amines is 1. The van der Waals surface area contributed by atoms with Gasteiger partial charge in [0.05, 0.1) is 23.2 Å². The van der Waals surface area contributed by atoms with Gasteiger partial charge in [-0.2, -0.15) is 15.2 Å². The maximum atomic E-state index is 13.8. The first-order valence-electron chi connectivity index (χ1n) is 10.7. The Morgan fingerprint density at radius 3 is 2.79 bits per heavy atom. The average molecular weight is 452 g/mol. The molecule has 3 aromatic heterocycles. The van der Waals surface area contributed by atoms with E-state index in [1.807, 2.05) is 13.1 Å². The number of aryl methyl sites for hydroxylation is 1. The van der Waals surface area contributed by atoms with Gasteiger partial charge in [-0.15, -0.1) is 0 Å². The van der Waals surface area contributed by atoms with Crippen molar-refractivity contribution in [3.63, 3.8) is 0 Å². The molecule has 1 aliphatic rings. The Balaban J connectivity index is 1.19. The highest BCUT2D eigenvalue weighted by Gasteiger charge is 2.24. The van der Waals surface area contributed by atoms with E-state index in [-0.39, 0.29) is 23.9 Å². The summed E-state index contributed by atoms with van der Waals surface area (Å²) in [4.78, 5) is 23.2. The zero-order chi connectivity index (χ0) is 22.9. The van der Waals surface area contributed by atoms with E-state index in [0.29, 0.717) is 37.5 Å². The van der Waals surface area contributed by atoms with Gasteiger partial charge in [0.2, 0.25) is 11.9 Å². The number of hydrogen-bond donors (Lipinski definition) is 2. The summed E-state index contributed by atoms with van der Waals surface area (Å²) in [6.07, 6.45) is 4.78. The zero-order valence-corrected chi connectivity index (χ0v) is 17.9. The summed E-state index contributed by atoms with van der Waals surface area (Å²) in [5.74, 6) is -1.05. The maximum Gasteiger partial charge on any atom is 0.227 e. The number of hydrogen-bond acceptors (Lipinski definition) is 6. The molecule has 33 heavy (non-hydrogen) atoms. The Labute approximate surface area is 187 Å². The second kappa shape index (κ2) is 8.57. The van der Waals surface area contributed by atoms with E-state index in [1.165, 1.54) is 6.07 Å². The smallest absolute Gasteiger partial charge is 0.227 e. The molecule has 2 N–H and O–H groups in total. The number of aromatic nitrogens is 6. The molecule has 1 fully saturated rings. The molecule has 0 unspecified atom stereocenters. The number of H-pyrrole nitrogens is 1. The van der Waals surface area contributed by atoms with Crippen LogP contribution in [0.15, 0.2) is 36.7 Å². The lowest BCUT2D eigenvalue weighted by Crippen LogP contribution is -2.43. The number of fused-ring (bicyclic) bond motifs is 1. The summed E-state index contributed by atoms with van der Waals surface area (Å²) in [6, 6.07) is 5.27. The normalized spacial score (nSPS) is 14.7. The Morgan fingerprint density at radius 1 is 1.24 bits per heavy atom. The molecular weight excluding hydrogens is 430 g/mol. The molecule has 1 amide bonds. The largest absolute Gasteiger partial charge is 0.351 e. The van der Waals surface area contributed by atoms with Crippen LogP contribution >= 0.6 is 0 Å². The van der Waals surface area contributed by atoms with Gasteiger partial charge in [-0.25, -0.2) is 13.8 Å². The van der Waals surface area contributed by atoms with Crippen molar-refractivity contribution in [2.24, 2.45) is 7.05 Å². The lowest BCUT2D eigenvalue weighted by molar-refractivity contribution is -0.131. The number of carbonyl (C=O) groups is 1. The molecule has 0 radical (unpaired) electrons. The highest BCUT2D eigenvalue weighted by atomic mass is 19.1. The van der Waals surface area contributed by atoms with Crippen LogP contribution in [0, 0.1) is 11.6 Å². The van der Waals surface area contributed by atoms with E-state index >= 15 is 0 Å². The van der Waals surface area contributed by atoms with E-state index in [1.54, 1.807) is 22.0 Å². The van der Waals surface area contributed by atoms with Crippen molar-refractivity contribution in [2.45, 2.75) is 25.3 Å². The Kier molecular flexibility index (Phi) is 5.45. The maximum absolute atomic E-state index is 13.8. The Hall–Kier alpha value is -3.89. The minimum Gasteiger partial charge on any atom is -0.351 e. The van der Waals surface area contributed by atoms with Gasteiger partial charge in [0.1, 0.15) is 11.6 Å². The van der Waals surface area contributed by atoms with Crippen molar-refractivity contribution in [1.82, 2.24) is 34.8 Å². The lowest BCUT2D eigenvalue weighted by atomic mass is 10.0. The van der Waals surface area contributed by atoms with Crippen LogP contribution in [0.1, 0.15) is 18.4 Å². The molecule has 1 saturated heterocycles. The van der Waals surface area contributed by atoms with Crippen molar-refractivity contribution in [3.8, 4) is 11.4 Å². The van der Waals surface area contributed by atoms with Crippen molar-refractivity contribution in [3.05, 3.63) is 53.9 Å². The van der Waals surface area contributed by atoms with E-state index < -0.39 is 11.6 Å². The molecule has 4 heterocycles. The molecule has 11 heteroatoms. The molecular formula is C22H22F2N8O. The number of halogens is 2. The molecule has 1 aromatic carbocycles. The molecule has 0 bridgehead atoms. The van der Waals surface area contributed by atoms with Crippen LogP contribution in [-0.4, -0.2) is 59.9 Å². The number of anilines is 1. The number of piperidine rings is 1. The van der Waals surface area contributed by atoms with Gasteiger partial charge < -0.3 is 10.2 Å². The van der Waals surface area contributed by atoms with Crippen LogP contribution in [0.25, 0.3) is 22.4 Å². The summed E-state index contributed by atoms with van der Waals surface area (Å²) >= 11 is 0. The van der Waals surface area contributed by atoms with Crippen LogP contribution in [0.5, 0.6) is 0 Å². The number of nitrogens with zero attached hydrogens (tertiary/aromatic N) is 6. The average Bonchev–Trinajstić information content (AvgIpc) is 3.41. The first-order chi connectivity index (χ1) is 16.0. The molecule has 1 aliphatic heterocycles. The summed E-state index contributed by atoms with van der Waals surface area (Å²) in [7, 11) is 1.85. The third-order valence-electron chi connectivity index (χ3n) is 5.93. The molecule has 4 aromatic rings. The van der Waals surface area contributed by atoms with Crippen molar-refractivity contribution in [2.75, 3.05) is 18.4 Å². The highest BCUT2D eigenvalue weighted by molar-refractivity contribution is 5.89. The Bertz CT molecular complexity index is 1310. The van der Waals surface area contributed by atoms with Gasteiger partial charge in [0.15, 0.2) is 5.65 Å². The summed E-state index contributed by atoms with van der Waals surface area (Å²) < 4.78 is 28.7. The lowest BCUT2D eigenvalue weighted by Gasteiger charge is -2.32. The second-order valence-electron chi connectivity index (χ2n) is 8.08. The molecule has 0 aliphatic carbocycles. The minimum atomic E-state index is -0.697. The van der Waals surface area contributed by atoms with Gasteiger partial charge in [-0.1, -0.05) is 6.07 Å². The fourth-order valence-corrected chi connectivity index (χ4v) is 4.08. The van der Waals surface area contributed by atoms with Crippen LogP contribution in [0.2, 0.25) is 0 Å². The standard InChI is InChI=1S/C22H22F2N8O/c1-31-18(4-7-26-31)20-16-12-25-22(28-21(16)30-29-20)27-15-5-8-32(9-6-15)19(33)10-13-2-3-14(23)11-17(13)24/h2-4,7,11-12,15H,5-6,8-10H2,1H3,(H2,25,27,28,29,30). The van der Waals surface area contributed by atoms with E-state index in [2.05, 4.69) is 30.6 Å². The Morgan fingerprint density at radius 2 is 2.06 bits per heavy atom. The predicted molar refractivity (Wildman–Crippen MR) is 117 cm³/mol. The third-order valence-corrected chi connectivity index (χ3v) is 5.93. The van der Waals surface area contributed by atoms with E-state index in [0.717, 1.165) is 28.9 Å². The van der Waals surface area contributed by atoms with Crippen molar-refractivity contribution in [1.29, 1.82) is 0 Å². The summed E-state index contributed by atoms with van der Waals surface area (Å²) in [6.45, 7) is 1.07. The molecule has 0 spiro atoms. The number of nitrogens with one attached hydrogen (secondary N) is 2.